The predicted octanol–water partition coefficient (Wildman–Crippen LogP) is 2.32. The second-order valence-corrected chi connectivity index (χ2v) is 7.99. The van der Waals surface area contributed by atoms with Crippen LogP contribution >= 0.6 is 0 Å². The van der Waals surface area contributed by atoms with Crippen molar-refractivity contribution in [1.29, 1.82) is 0 Å². The minimum Gasteiger partial charge on any atom is -0.449 e. The number of carbonyl (C=O) groups is 2. The van der Waals surface area contributed by atoms with E-state index in [-0.39, 0.29) is 11.5 Å². The summed E-state index contributed by atoms with van der Waals surface area (Å²) in [7, 11) is -1.31. The first-order valence-corrected chi connectivity index (χ1v) is 10.8. The number of hydrogen-bond acceptors (Lipinski definition) is 5. The molecule has 2 aromatic carbocycles. The van der Waals surface area contributed by atoms with Crippen LogP contribution in [-0.2, 0) is 20.3 Å². The molecule has 2 atom stereocenters. The predicted molar refractivity (Wildman–Crippen MR) is 109 cm³/mol. The molecule has 6 nitrogen and oxygen atoms in total. The third-order valence-electron chi connectivity index (χ3n) is 4.76. The molecule has 3 rings (SSSR count). The van der Waals surface area contributed by atoms with Crippen molar-refractivity contribution in [3.63, 3.8) is 0 Å². The van der Waals surface area contributed by atoms with Crippen molar-refractivity contribution in [2.75, 3.05) is 37.3 Å². The molecule has 148 valence electrons. The maximum atomic E-state index is 12.7. The summed E-state index contributed by atoms with van der Waals surface area (Å²) in [6.07, 6.45) is 0.613. The summed E-state index contributed by atoms with van der Waals surface area (Å²) in [5.74, 6) is -0.842. The van der Waals surface area contributed by atoms with Crippen molar-refractivity contribution in [3.05, 3.63) is 60.2 Å². The second-order valence-electron chi connectivity index (χ2n) is 6.65. The van der Waals surface area contributed by atoms with Crippen LogP contribution in [0.1, 0.15) is 17.3 Å². The summed E-state index contributed by atoms with van der Waals surface area (Å²) in [5.41, 5.74) is 1.37. The Hall–Kier alpha value is -2.67. The quantitative estimate of drug-likeness (QED) is 0.721. The number of benzene rings is 2. The van der Waals surface area contributed by atoms with E-state index in [0.29, 0.717) is 18.0 Å². The van der Waals surface area contributed by atoms with Crippen molar-refractivity contribution >= 4 is 28.4 Å². The maximum absolute atomic E-state index is 12.7. The molecule has 0 aromatic heterocycles. The molecule has 1 fully saturated rings. The molecule has 7 heteroatoms. The number of ether oxygens (including phenoxy) is 1. The van der Waals surface area contributed by atoms with E-state index >= 15 is 0 Å². The van der Waals surface area contributed by atoms with Gasteiger partial charge in [0.05, 0.1) is 21.3 Å². The normalized spacial score (nSPS) is 16.4. The van der Waals surface area contributed by atoms with E-state index in [4.69, 9.17) is 4.74 Å². The van der Waals surface area contributed by atoms with Gasteiger partial charge in [-0.3, -0.25) is 9.00 Å². The van der Waals surface area contributed by atoms with Gasteiger partial charge < -0.3 is 14.5 Å². The number of esters is 1. The Morgan fingerprint density at radius 2 is 1.57 bits per heavy atom. The molecule has 1 amide bonds. The van der Waals surface area contributed by atoms with Gasteiger partial charge in [0, 0.05) is 38.1 Å². The maximum Gasteiger partial charge on any atom is 0.340 e. The molecule has 1 saturated heterocycles. The first kappa shape index (κ1) is 20.1. The van der Waals surface area contributed by atoms with Gasteiger partial charge in [0.1, 0.15) is 0 Å². The molecule has 0 N–H and O–H groups in total. The zero-order chi connectivity index (χ0) is 20.1. The lowest BCUT2D eigenvalue weighted by Crippen LogP contribution is -2.51. The van der Waals surface area contributed by atoms with Crippen LogP contribution in [0, 0.1) is 0 Å². The molecule has 0 bridgehead atoms. The first-order chi connectivity index (χ1) is 13.5. The Morgan fingerprint density at radius 1 is 0.964 bits per heavy atom. The lowest BCUT2D eigenvalue weighted by Gasteiger charge is -2.37. The zero-order valence-electron chi connectivity index (χ0n) is 16.0. The third-order valence-corrected chi connectivity index (χ3v) is 5.74. The van der Waals surface area contributed by atoms with Crippen molar-refractivity contribution in [2.24, 2.45) is 0 Å². The highest BCUT2D eigenvalue weighted by molar-refractivity contribution is 7.84. The van der Waals surface area contributed by atoms with Gasteiger partial charge in [-0.2, -0.15) is 0 Å². The van der Waals surface area contributed by atoms with Gasteiger partial charge in [-0.25, -0.2) is 4.79 Å². The number of hydrogen-bond donors (Lipinski definition) is 0. The van der Waals surface area contributed by atoms with Gasteiger partial charge in [-0.05, 0) is 31.2 Å². The monoisotopic (exact) mass is 400 g/mol. The summed E-state index contributed by atoms with van der Waals surface area (Å²) in [6.45, 7) is 4.19. The molecule has 0 saturated carbocycles. The fourth-order valence-corrected chi connectivity index (χ4v) is 3.97. The van der Waals surface area contributed by atoms with Gasteiger partial charge in [-0.15, -0.1) is 0 Å². The third kappa shape index (κ3) is 4.59. The average molecular weight is 401 g/mol. The molecular formula is C21H24N2O4S. The van der Waals surface area contributed by atoms with E-state index < -0.39 is 22.9 Å². The fourth-order valence-electron chi connectivity index (χ4n) is 3.24. The van der Waals surface area contributed by atoms with Crippen molar-refractivity contribution < 1.29 is 18.5 Å². The number of rotatable bonds is 5. The number of amides is 1. The molecule has 1 aliphatic heterocycles. The molecule has 0 radical (unpaired) electrons. The Labute approximate surface area is 167 Å². The number of carbonyl (C=O) groups excluding carboxylic acids is 2. The molecule has 28 heavy (non-hydrogen) atoms. The second kappa shape index (κ2) is 9.01. The van der Waals surface area contributed by atoms with Crippen molar-refractivity contribution in [3.8, 4) is 0 Å². The lowest BCUT2D eigenvalue weighted by molar-refractivity contribution is -0.140. The standard InChI is InChI=1S/C21H24N2O4S/c1-16(27-21(25)18-10-6-7-11-19(18)28(2)26)20(24)23-14-12-22(13-15-23)17-8-4-3-5-9-17/h3-11,16H,12-15H2,1-2H3/t16-,28+/m1/s1. The lowest BCUT2D eigenvalue weighted by atomic mass is 10.2. The van der Waals surface area contributed by atoms with Crippen LogP contribution in [0.2, 0.25) is 0 Å². The molecule has 0 unspecified atom stereocenters. The van der Waals surface area contributed by atoms with E-state index in [9.17, 15) is 13.8 Å². The highest BCUT2D eigenvalue weighted by Gasteiger charge is 2.28. The van der Waals surface area contributed by atoms with Crippen LogP contribution in [0.5, 0.6) is 0 Å². The minimum absolute atomic E-state index is 0.212. The van der Waals surface area contributed by atoms with Crippen molar-refractivity contribution in [1.82, 2.24) is 4.90 Å². The number of para-hydroxylation sites is 1. The van der Waals surface area contributed by atoms with Gasteiger partial charge in [0.15, 0.2) is 6.10 Å². The molecular weight excluding hydrogens is 376 g/mol. The summed E-state index contributed by atoms with van der Waals surface area (Å²) in [4.78, 5) is 29.5. The van der Waals surface area contributed by atoms with Gasteiger partial charge >= 0.3 is 5.97 Å². The molecule has 0 aliphatic carbocycles. The van der Waals surface area contributed by atoms with Crippen molar-refractivity contribution in [2.45, 2.75) is 17.9 Å². The van der Waals surface area contributed by atoms with Gasteiger partial charge in [0.2, 0.25) is 0 Å². The molecule has 0 spiro atoms. The van der Waals surface area contributed by atoms with Crippen LogP contribution in [0.4, 0.5) is 5.69 Å². The minimum atomic E-state index is -1.31. The summed E-state index contributed by atoms with van der Waals surface area (Å²) in [5, 5.41) is 0. The molecule has 1 heterocycles. The topological polar surface area (TPSA) is 66.9 Å². The Kier molecular flexibility index (Phi) is 6.46. The van der Waals surface area contributed by atoms with Gasteiger partial charge in [0.25, 0.3) is 5.91 Å². The van der Waals surface area contributed by atoms with Crippen LogP contribution in [0.3, 0.4) is 0 Å². The highest BCUT2D eigenvalue weighted by Crippen LogP contribution is 2.18. The van der Waals surface area contributed by atoms with Crippen LogP contribution < -0.4 is 4.90 Å². The van der Waals surface area contributed by atoms with E-state index in [2.05, 4.69) is 17.0 Å². The molecule has 1 aliphatic rings. The number of piperazine rings is 1. The van der Waals surface area contributed by atoms with E-state index in [0.717, 1.165) is 18.8 Å². The van der Waals surface area contributed by atoms with E-state index in [1.165, 1.54) is 6.26 Å². The van der Waals surface area contributed by atoms with Crippen LogP contribution in [0.25, 0.3) is 0 Å². The average Bonchev–Trinajstić information content (AvgIpc) is 2.73. The van der Waals surface area contributed by atoms with Crippen LogP contribution in [0.15, 0.2) is 59.5 Å². The Balaban J connectivity index is 1.58. The van der Waals surface area contributed by atoms with E-state index in [1.54, 1.807) is 36.1 Å². The Morgan fingerprint density at radius 3 is 2.21 bits per heavy atom. The zero-order valence-corrected chi connectivity index (χ0v) is 16.9. The van der Waals surface area contributed by atoms with E-state index in [1.807, 2.05) is 18.2 Å². The highest BCUT2D eigenvalue weighted by atomic mass is 32.2. The fraction of sp³-hybridized carbons (Fsp3) is 0.333. The molecule has 2 aromatic rings. The smallest absolute Gasteiger partial charge is 0.340 e. The van der Waals surface area contributed by atoms with Gasteiger partial charge in [-0.1, -0.05) is 30.3 Å². The number of nitrogens with zero attached hydrogens (tertiary/aromatic N) is 2. The first-order valence-electron chi connectivity index (χ1n) is 9.19. The largest absolute Gasteiger partial charge is 0.449 e. The Bertz CT molecular complexity index is 864. The van der Waals surface area contributed by atoms with Crippen LogP contribution in [-0.4, -0.2) is 59.5 Å². The SMILES string of the molecule is C[C@@H](OC(=O)c1ccccc1[S@](C)=O)C(=O)N1CCN(c2ccccc2)CC1. The summed E-state index contributed by atoms with van der Waals surface area (Å²) in [6, 6.07) is 16.7. The summed E-state index contributed by atoms with van der Waals surface area (Å²) >= 11 is 0. The summed E-state index contributed by atoms with van der Waals surface area (Å²) < 4.78 is 17.2. The number of anilines is 1.